The van der Waals surface area contributed by atoms with Crippen molar-refractivity contribution >= 4 is 27.5 Å². The maximum absolute atomic E-state index is 11.0. The Balaban J connectivity index is 2.09. The van der Waals surface area contributed by atoms with Crippen molar-refractivity contribution in [2.75, 3.05) is 18.5 Å². The molecule has 4 nitrogen and oxygen atoms in total. The Hall–Kier alpha value is -1.75. The molecule has 0 saturated carbocycles. The first-order valence-electron chi connectivity index (χ1n) is 6.36. The monoisotopic (exact) mass is 333 g/mol. The van der Waals surface area contributed by atoms with Crippen LogP contribution in [-0.2, 0) is 4.79 Å². The highest BCUT2D eigenvalue weighted by atomic mass is 79.9. The molecule has 0 bridgehead atoms. The lowest BCUT2D eigenvalue weighted by atomic mass is 10.1. The van der Waals surface area contributed by atoms with Crippen LogP contribution >= 0.6 is 15.9 Å². The number of halogens is 1. The zero-order valence-electron chi connectivity index (χ0n) is 11.5. The fourth-order valence-corrected chi connectivity index (χ4v) is 2.01. The van der Waals surface area contributed by atoms with E-state index in [0.29, 0.717) is 13.0 Å². The summed E-state index contributed by atoms with van der Waals surface area (Å²) in [4.78, 5) is 12.9. The predicted molar refractivity (Wildman–Crippen MR) is 83.7 cm³/mol. The van der Waals surface area contributed by atoms with Gasteiger partial charge in [-0.25, -0.2) is 0 Å². The van der Waals surface area contributed by atoms with Gasteiger partial charge >= 0.3 is 0 Å². The van der Waals surface area contributed by atoms with Gasteiger partial charge in [-0.15, -0.1) is 10.2 Å². The van der Waals surface area contributed by atoms with Crippen LogP contribution in [0, 0.1) is 0 Å². The third-order valence-electron chi connectivity index (χ3n) is 2.98. The van der Waals surface area contributed by atoms with Crippen LogP contribution in [0.1, 0.15) is 13.3 Å². The van der Waals surface area contributed by atoms with E-state index in [4.69, 9.17) is 0 Å². The van der Waals surface area contributed by atoms with E-state index >= 15 is 0 Å². The Morgan fingerprint density at radius 3 is 2.40 bits per heavy atom. The minimum absolute atomic E-state index is 0.177. The summed E-state index contributed by atoms with van der Waals surface area (Å²) in [6.07, 6.45) is 0.520. The molecule has 0 aliphatic heterocycles. The highest BCUT2D eigenvalue weighted by Gasteiger charge is 2.06. The second-order valence-corrected chi connectivity index (χ2v) is 5.57. The molecule has 2 rings (SSSR count). The molecule has 1 aromatic carbocycles. The first-order chi connectivity index (χ1) is 9.56. The highest BCUT2D eigenvalue weighted by Crippen LogP contribution is 2.20. The van der Waals surface area contributed by atoms with Crippen LogP contribution < -0.4 is 4.90 Å². The first kappa shape index (κ1) is 14.7. The average Bonchev–Trinajstić information content (AvgIpc) is 2.46. The molecular weight excluding hydrogens is 318 g/mol. The molecule has 5 heteroatoms. The van der Waals surface area contributed by atoms with Gasteiger partial charge in [0.1, 0.15) is 5.78 Å². The summed E-state index contributed by atoms with van der Waals surface area (Å²) in [5.74, 6) is 0.948. The smallest absolute Gasteiger partial charge is 0.151 e. The topological polar surface area (TPSA) is 46.1 Å². The number of Topliss-reactive ketones (excluding diaryl/α,β-unsaturated/α-hetero) is 1. The number of carbonyl (C=O) groups excluding carboxylic acids is 1. The molecule has 20 heavy (non-hydrogen) atoms. The molecule has 1 heterocycles. The Bertz CT molecular complexity index is 581. The lowest BCUT2D eigenvalue weighted by Gasteiger charge is -2.16. The van der Waals surface area contributed by atoms with Gasteiger partial charge in [-0.3, -0.25) is 4.79 Å². The van der Waals surface area contributed by atoms with E-state index in [0.717, 1.165) is 21.5 Å². The number of rotatable bonds is 5. The van der Waals surface area contributed by atoms with E-state index in [1.165, 1.54) is 0 Å². The molecule has 0 unspecified atom stereocenters. The Labute approximate surface area is 127 Å². The van der Waals surface area contributed by atoms with Gasteiger partial charge < -0.3 is 4.90 Å². The molecule has 0 radical (unpaired) electrons. The van der Waals surface area contributed by atoms with Gasteiger partial charge in [-0.2, -0.15) is 0 Å². The zero-order valence-corrected chi connectivity index (χ0v) is 13.1. The van der Waals surface area contributed by atoms with Crippen molar-refractivity contribution in [3.8, 4) is 11.3 Å². The summed E-state index contributed by atoms with van der Waals surface area (Å²) in [5, 5.41) is 8.44. The van der Waals surface area contributed by atoms with Gasteiger partial charge in [0.05, 0.1) is 5.69 Å². The van der Waals surface area contributed by atoms with Crippen molar-refractivity contribution in [2.45, 2.75) is 13.3 Å². The average molecular weight is 334 g/mol. The Morgan fingerprint density at radius 1 is 1.15 bits per heavy atom. The van der Waals surface area contributed by atoms with Crippen LogP contribution in [0.5, 0.6) is 0 Å². The first-order valence-corrected chi connectivity index (χ1v) is 7.16. The third kappa shape index (κ3) is 3.87. The van der Waals surface area contributed by atoms with Crippen molar-refractivity contribution in [1.82, 2.24) is 10.2 Å². The molecule has 0 atom stereocenters. The molecule has 0 aliphatic carbocycles. The summed E-state index contributed by atoms with van der Waals surface area (Å²) in [6, 6.07) is 11.8. The maximum Gasteiger partial charge on any atom is 0.151 e. The van der Waals surface area contributed by atoms with E-state index in [2.05, 4.69) is 26.1 Å². The van der Waals surface area contributed by atoms with Crippen molar-refractivity contribution in [1.29, 1.82) is 0 Å². The van der Waals surface area contributed by atoms with Crippen LogP contribution in [0.3, 0.4) is 0 Å². The van der Waals surface area contributed by atoms with E-state index in [-0.39, 0.29) is 5.78 Å². The predicted octanol–water partition coefficient (Wildman–Crippen LogP) is 3.32. The number of ketones is 1. The number of hydrogen-bond donors (Lipinski definition) is 0. The number of aromatic nitrogens is 2. The number of hydrogen-bond acceptors (Lipinski definition) is 4. The van der Waals surface area contributed by atoms with Crippen molar-refractivity contribution in [3.05, 3.63) is 40.9 Å². The summed E-state index contributed by atoms with van der Waals surface area (Å²) < 4.78 is 1.04. The lowest BCUT2D eigenvalue weighted by Crippen LogP contribution is -2.21. The molecule has 0 N–H and O–H groups in total. The summed E-state index contributed by atoms with van der Waals surface area (Å²) in [7, 11) is 1.91. The maximum atomic E-state index is 11.0. The number of anilines is 1. The molecule has 104 valence electrons. The fraction of sp³-hybridized carbons (Fsp3) is 0.267. The second-order valence-electron chi connectivity index (χ2n) is 4.66. The molecule has 2 aromatic rings. The van der Waals surface area contributed by atoms with Crippen LogP contribution in [0.25, 0.3) is 11.3 Å². The second kappa shape index (κ2) is 6.61. The molecule has 0 saturated heterocycles. The van der Waals surface area contributed by atoms with Crippen molar-refractivity contribution in [2.24, 2.45) is 0 Å². The van der Waals surface area contributed by atoms with Gasteiger partial charge in [-0.1, -0.05) is 28.1 Å². The summed E-state index contributed by atoms with van der Waals surface area (Å²) in [6.45, 7) is 2.25. The quantitative estimate of drug-likeness (QED) is 0.842. The SMILES string of the molecule is CC(=O)CCN(C)c1ccc(-c2ccc(Br)cc2)nn1. The normalized spacial score (nSPS) is 10.3. The van der Waals surface area contributed by atoms with Gasteiger partial charge in [0.25, 0.3) is 0 Å². The molecule has 0 fully saturated rings. The van der Waals surface area contributed by atoms with E-state index in [9.17, 15) is 4.79 Å². The standard InChI is InChI=1S/C15H16BrN3O/c1-11(20)9-10-19(2)15-8-7-14(17-18-15)12-3-5-13(16)6-4-12/h3-8H,9-10H2,1-2H3. The van der Waals surface area contributed by atoms with Gasteiger partial charge in [-0.05, 0) is 31.2 Å². The lowest BCUT2D eigenvalue weighted by molar-refractivity contribution is -0.116. The van der Waals surface area contributed by atoms with Crippen molar-refractivity contribution in [3.63, 3.8) is 0 Å². The largest absolute Gasteiger partial charge is 0.358 e. The summed E-state index contributed by atoms with van der Waals surface area (Å²) in [5.41, 5.74) is 1.86. The molecule has 0 amide bonds. The summed E-state index contributed by atoms with van der Waals surface area (Å²) >= 11 is 3.41. The van der Waals surface area contributed by atoms with Crippen LogP contribution in [-0.4, -0.2) is 29.6 Å². The van der Waals surface area contributed by atoms with Gasteiger partial charge in [0.2, 0.25) is 0 Å². The molecule has 1 aromatic heterocycles. The highest BCUT2D eigenvalue weighted by molar-refractivity contribution is 9.10. The Kier molecular flexibility index (Phi) is 4.84. The molecular formula is C15H16BrN3O. The minimum Gasteiger partial charge on any atom is -0.358 e. The van der Waals surface area contributed by atoms with E-state index < -0.39 is 0 Å². The molecule has 0 spiro atoms. The fourth-order valence-electron chi connectivity index (χ4n) is 1.74. The van der Waals surface area contributed by atoms with Gasteiger partial charge in [0.15, 0.2) is 5.82 Å². The van der Waals surface area contributed by atoms with Crippen molar-refractivity contribution < 1.29 is 4.79 Å². The third-order valence-corrected chi connectivity index (χ3v) is 3.51. The van der Waals surface area contributed by atoms with Gasteiger partial charge in [0, 0.05) is 30.0 Å². The number of benzene rings is 1. The zero-order chi connectivity index (χ0) is 14.5. The number of carbonyl (C=O) groups is 1. The van der Waals surface area contributed by atoms with Crippen LogP contribution in [0.2, 0.25) is 0 Å². The Morgan fingerprint density at radius 2 is 1.85 bits per heavy atom. The van der Waals surface area contributed by atoms with E-state index in [1.807, 2.05) is 48.3 Å². The number of nitrogens with zero attached hydrogens (tertiary/aromatic N) is 3. The molecule has 0 aliphatic rings. The van der Waals surface area contributed by atoms with Crippen LogP contribution in [0.4, 0.5) is 5.82 Å². The van der Waals surface area contributed by atoms with Crippen LogP contribution in [0.15, 0.2) is 40.9 Å². The van der Waals surface area contributed by atoms with E-state index in [1.54, 1.807) is 6.92 Å². The minimum atomic E-state index is 0.177.